The van der Waals surface area contributed by atoms with Crippen LogP contribution in [-0.4, -0.2) is 17.0 Å². The lowest BCUT2D eigenvalue weighted by Crippen LogP contribution is -2.18. The van der Waals surface area contributed by atoms with Gasteiger partial charge in [-0.2, -0.15) is 0 Å². The summed E-state index contributed by atoms with van der Waals surface area (Å²) in [6, 6.07) is 15.8. The van der Waals surface area contributed by atoms with E-state index in [-0.39, 0.29) is 18.4 Å². The SMILES string of the molecule is C=C[C@@H]1CC(=O)Nc2cccc(-c3cnc4ccccc4c3)c2O1. The maximum atomic E-state index is 12.0. The number of fused-ring (bicyclic) bond motifs is 2. The summed E-state index contributed by atoms with van der Waals surface area (Å²) in [6.45, 7) is 3.76. The summed E-state index contributed by atoms with van der Waals surface area (Å²) in [7, 11) is 0. The number of hydrogen-bond donors (Lipinski definition) is 1. The number of hydrogen-bond acceptors (Lipinski definition) is 3. The van der Waals surface area contributed by atoms with Gasteiger partial charge in [-0.15, -0.1) is 0 Å². The standard InChI is InChI=1S/C20H16N2O2/c1-2-15-11-19(23)22-18-9-5-7-16(20(18)24-15)14-10-13-6-3-4-8-17(13)21-12-14/h2-10,12,15H,1,11H2,(H,22,23)/t15-/m1/s1. The minimum Gasteiger partial charge on any atom is -0.483 e. The second-order valence-corrected chi connectivity index (χ2v) is 5.74. The highest BCUT2D eigenvalue weighted by molar-refractivity contribution is 5.96. The molecule has 0 spiro atoms. The van der Waals surface area contributed by atoms with Crippen molar-refractivity contribution in [2.24, 2.45) is 0 Å². The molecule has 1 N–H and O–H groups in total. The van der Waals surface area contributed by atoms with E-state index in [2.05, 4.69) is 22.9 Å². The van der Waals surface area contributed by atoms with Gasteiger partial charge in [0.05, 0.1) is 17.6 Å². The Labute approximate surface area is 139 Å². The van der Waals surface area contributed by atoms with Crippen molar-refractivity contribution in [1.29, 1.82) is 0 Å². The van der Waals surface area contributed by atoms with Crippen LogP contribution in [0.4, 0.5) is 5.69 Å². The Morgan fingerprint density at radius 2 is 2.08 bits per heavy atom. The second-order valence-electron chi connectivity index (χ2n) is 5.74. The Balaban J connectivity index is 1.87. The van der Waals surface area contributed by atoms with Crippen LogP contribution in [0.3, 0.4) is 0 Å². The quantitative estimate of drug-likeness (QED) is 0.722. The number of carbonyl (C=O) groups excluding carboxylic acids is 1. The highest BCUT2D eigenvalue weighted by atomic mass is 16.5. The van der Waals surface area contributed by atoms with Crippen molar-refractivity contribution in [1.82, 2.24) is 4.98 Å². The van der Waals surface area contributed by atoms with Crippen molar-refractivity contribution in [2.45, 2.75) is 12.5 Å². The van der Waals surface area contributed by atoms with Gasteiger partial charge in [0, 0.05) is 22.7 Å². The predicted octanol–water partition coefficient (Wildman–Crippen LogP) is 4.18. The Morgan fingerprint density at radius 3 is 2.96 bits per heavy atom. The van der Waals surface area contributed by atoms with E-state index in [1.54, 1.807) is 6.08 Å². The molecule has 118 valence electrons. The molecular formula is C20H16N2O2. The molecule has 3 aromatic rings. The first-order valence-corrected chi connectivity index (χ1v) is 7.82. The molecule has 0 fully saturated rings. The molecule has 1 aliphatic rings. The number of amides is 1. The summed E-state index contributed by atoms with van der Waals surface area (Å²) >= 11 is 0. The van der Waals surface area contributed by atoms with Crippen LogP contribution in [-0.2, 0) is 4.79 Å². The first kappa shape index (κ1) is 14.5. The molecule has 0 bridgehead atoms. The van der Waals surface area contributed by atoms with Crippen molar-refractivity contribution >= 4 is 22.5 Å². The smallest absolute Gasteiger partial charge is 0.228 e. The number of pyridine rings is 1. The molecule has 2 heterocycles. The maximum absolute atomic E-state index is 12.0. The number of carbonyl (C=O) groups is 1. The highest BCUT2D eigenvalue weighted by Crippen LogP contribution is 2.39. The lowest BCUT2D eigenvalue weighted by Gasteiger charge is -2.16. The Kier molecular flexibility index (Phi) is 3.50. The van der Waals surface area contributed by atoms with Crippen LogP contribution in [0.2, 0.25) is 0 Å². The van der Waals surface area contributed by atoms with Gasteiger partial charge in [-0.25, -0.2) is 0 Å². The molecule has 4 heteroatoms. The van der Waals surface area contributed by atoms with Crippen molar-refractivity contribution in [3.63, 3.8) is 0 Å². The molecule has 2 aromatic carbocycles. The molecule has 1 aromatic heterocycles. The zero-order valence-corrected chi connectivity index (χ0v) is 13.0. The lowest BCUT2D eigenvalue weighted by atomic mass is 10.0. The monoisotopic (exact) mass is 316 g/mol. The van der Waals surface area contributed by atoms with Crippen molar-refractivity contribution < 1.29 is 9.53 Å². The predicted molar refractivity (Wildman–Crippen MR) is 95.0 cm³/mol. The van der Waals surface area contributed by atoms with Gasteiger partial charge in [-0.1, -0.05) is 43.0 Å². The normalized spacial score (nSPS) is 16.7. The molecule has 1 aliphatic heterocycles. The zero-order valence-electron chi connectivity index (χ0n) is 13.0. The summed E-state index contributed by atoms with van der Waals surface area (Å²) in [6.07, 6.45) is 3.40. The summed E-state index contributed by atoms with van der Waals surface area (Å²) in [5.41, 5.74) is 3.47. The maximum Gasteiger partial charge on any atom is 0.228 e. The molecule has 1 atom stereocenters. The third kappa shape index (κ3) is 2.52. The molecule has 0 aliphatic carbocycles. The molecule has 4 nitrogen and oxygen atoms in total. The molecular weight excluding hydrogens is 300 g/mol. The largest absolute Gasteiger partial charge is 0.483 e. The number of aromatic nitrogens is 1. The van der Waals surface area contributed by atoms with Crippen LogP contribution in [0.15, 0.2) is 67.4 Å². The Morgan fingerprint density at radius 1 is 1.21 bits per heavy atom. The van der Waals surface area contributed by atoms with Crippen LogP contribution < -0.4 is 10.1 Å². The minimum atomic E-state index is -0.346. The van der Waals surface area contributed by atoms with E-state index in [0.717, 1.165) is 22.0 Å². The van der Waals surface area contributed by atoms with Crippen LogP contribution in [0.25, 0.3) is 22.0 Å². The van der Waals surface area contributed by atoms with Crippen LogP contribution in [0.5, 0.6) is 5.75 Å². The summed E-state index contributed by atoms with van der Waals surface area (Å²) in [4.78, 5) is 16.5. The molecule has 4 rings (SSSR count). The summed E-state index contributed by atoms with van der Waals surface area (Å²) < 4.78 is 6.04. The number of ether oxygens (including phenoxy) is 1. The molecule has 0 saturated carbocycles. The zero-order chi connectivity index (χ0) is 16.5. The van der Waals surface area contributed by atoms with Gasteiger partial charge in [0.15, 0.2) is 5.75 Å². The molecule has 24 heavy (non-hydrogen) atoms. The van der Waals surface area contributed by atoms with E-state index in [1.807, 2.05) is 48.7 Å². The van der Waals surface area contributed by atoms with E-state index >= 15 is 0 Å². The number of rotatable bonds is 2. The molecule has 1 amide bonds. The fourth-order valence-corrected chi connectivity index (χ4v) is 2.92. The van der Waals surface area contributed by atoms with Crippen LogP contribution >= 0.6 is 0 Å². The average Bonchev–Trinajstić information content (AvgIpc) is 2.78. The fraction of sp³-hybridized carbons (Fsp3) is 0.100. The molecule has 0 radical (unpaired) electrons. The average molecular weight is 316 g/mol. The van der Waals surface area contributed by atoms with E-state index < -0.39 is 0 Å². The number of anilines is 1. The Bertz CT molecular complexity index is 949. The summed E-state index contributed by atoms with van der Waals surface area (Å²) in [5.74, 6) is 0.581. The third-order valence-corrected chi connectivity index (χ3v) is 4.11. The lowest BCUT2D eigenvalue weighted by molar-refractivity contribution is -0.117. The van der Waals surface area contributed by atoms with Gasteiger partial charge in [0.2, 0.25) is 5.91 Å². The number of nitrogens with one attached hydrogen (secondary N) is 1. The molecule has 0 saturated heterocycles. The number of para-hydroxylation sites is 2. The van der Waals surface area contributed by atoms with E-state index in [4.69, 9.17) is 4.74 Å². The van der Waals surface area contributed by atoms with Crippen molar-refractivity contribution in [3.05, 3.63) is 67.4 Å². The van der Waals surface area contributed by atoms with Gasteiger partial charge in [-0.05, 0) is 18.2 Å². The number of benzene rings is 2. The first-order chi connectivity index (χ1) is 11.7. The first-order valence-electron chi connectivity index (χ1n) is 7.82. The summed E-state index contributed by atoms with van der Waals surface area (Å²) in [5, 5.41) is 3.96. The van der Waals surface area contributed by atoms with Gasteiger partial charge >= 0.3 is 0 Å². The second kappa shape index (κ2) is 5.81. The van der Waals surface area contributed by atoms with Crippen LogP contribution in [0.1, 0.15) is 6.42 Å². The van der Waals surface area contributed by atoms with Gasteiger partial charge in [0.25, 0.3) is 0 Å². The van der Waals surface area contributed by atoms with Gasteiger partial charge in [-0.3, -0.25) is 9.78 Å². The van der Waals surface area contributed by atoms with Crippen molar-refractivity contribution in [3.8, 4) is 16.9 Å². The Hall–Kier alpha value is -3.14. The van der Waals surface area contributed by atoms with E-state index in [0.29, 0.717) is 11.4 Å². The van der Waals surface area contributed by atoms with Crippen LogP contribution in [0, 0.1) is 0 Å². The third-order valence-electron chi connectivity index (χ3n) is 4.11. The highest BCUT2D eigenvalue weighted by Gasteiger charge is 2.23. The van der Waals surface area contributed by atoms with E-state index in [1.165, 1.54) is 0 Å². The van der Waals surface area contributed by atoms with Crippen molar-refractivity contribution in [2.75, 3.05) is 5.32 Å². The fourth-order valence-electron chi connectivity index (χ4n) is 2.92. The van der Waals surface area contributed by atoms with Gasteiger partial charge < -0.3 is 10.1 Å². The number of nitrogens with zero attached hydrogens (tertiary/aromatic N) is 1. The van der Waals surface area contributed by atoms with Gasteiger partial charge in [0.1, 0.15) is 6.10 Å². The molecule has 0 unspecified atom stereocenters. The topological polar surface area (TPSA) is 51.2 Å². The minimum absolute atomic E-state index is 0.0764. The van der Waals surface area contributed by atoms with E-state index in [9.17, 15) is 4.79 Å².